The molecule has 0 saturated heterocycles. The van der Waals surface area contributed by atoms with E-state index in [4.69, 9.17) is 4.74 Å². The fourth-order valence-corrected chi connectivity index (χ4v) is 1.79. The molecule has 5 heteroatoms. The third-order valence-corrected chi connectivity index (χ3v) is 3.16. The molecule has 1 rings (SSSR count). The SMILES string of the molecule is CCC(O)(CC)C(O)c1c(OC)cnn1C. The summed E-state index contributed by atoms with van der Waals surface area (Å²) < 4.78 is 6.64. The van der Waals surface area contributed by atoms with Crippen LogP contribution in [-0.2, 0) is 7.05 Å². The van der Waals surface area contributed by atoms with Crippen LogP contribution in [-0.4, -0.2) is 32.7 Å². The first-order valence-electron chi connectivity index (χ1n) is 5.46. The summed E-state index contributed by atoms with van der Waals surface area (Å²) in [6.45, 7) is 3.69. The van der Waals surface area contributed by atoms with Crippen molar-refractivity contribution in [2.75, 3.05) is 7.11 Å². The van der Waals surface area contributed by atoms with Crippen molar-refractivity contribution >= 4 is 0 Å². The Balaban J connectivity index is 3.12. The molecule has 0 aliphatic heterocycles. The standard InChI is InChI=1S/C11H20N2O3/c1-5-11(15,6-2)10(14)9-8(16-4)7-12-13(9)3/h7,10,14-15H,5-6H2,1-4H3. The quantitative estimate of drug-likeness (QED) is 0.789. The van der Waals surface area contributed by atoms with E-state index in [2.05, 4.69) is 5.10 Å². The molecule has 92 valence electrons. The van der Waals surface area contributed by atoms with Crippen LogP contribution < -0.4 is 4.74 Å². The zero-order valence-corrected chi connectivity index (χ0v) is 10.3. The third kappa shape index (κ3) is 2.05. The van der Waals surface area contributed by atoms with Crippen LogP contribution in [0.1, 0.15) is 38.5 Å². The summed E-state index contributed by atoms with van der Waals surface area (Å²) in [6.07, 6.45) is 1.48. The van der Waals surface area contributed by atoms with Gasteiger partial charge in [0.15, 0.2) is 5.75 Å². The molecule has 0 fully saturated rings. The minimum Gasteiger partial charge on any atom is -0.493 e. The van der Waals surface area contributed by atoms with Gasteiger partial charge >= 0.3 is 0 Å². The molecule has 1 aromatic rings. The number of aromatic nitrogens is 2. The molecule has 0 aliphatic carbocycles. The van der Waals surface area contributed by atoms with Crippen molar-refractivity contribution in [2.45, 2.75) is 38.4 Å². The second-order valence-corrected chi connectivity index (χ2v) is 3.94. The van der Waals surface area contributed by atoms with Gasteiger partial charge in [-0.15, -0.1) is 0 Å². The monoisotopic (exact) mass is 228 g/mol. The molecule has 5 nitrogen and oxygen atoms in total. The maximum Gasteiger partial charge on any atom is 0.162 e. The van der Waals surface area contributed by atoms with Crippen LogP contribution in [0.2, 0.25) is 0 Å². The number of nitrogens with zero attached hydrogens (tertiary/aromatic N) is 2. The molecule has 0 aromatic carbocycles. The third-order valence-electron chi connectivity index (χ3n) is 3.16. The van der Waals surface area contributed by atoms with E-state index in [0.29, 0.717) is 24.3 Å². The highest BCUT2D eigenvalue weighted by molar-refractivity contribution is 5.28. The van der Waals surface area contributed by atoms with E-state index >= 15 is 0 Å². The van der Waals surface area contributed by atoms with Crippen molar-refractivity contribution in [3.8, 4) is 5.75 Å². The Morgan fingerprint density at radius 3 is 2.50 bits per heavy atom. The molecule has 0 saturated carbocycles. The van der Waals surface area contributed by atoms with Gasteiger partial charge in [-0.1, -0.05) is 13.8 Å². The molecule has 1 aromatic heterocycles. The number of methoxy groups -OCH3 is 1. The number of aryl methyl sites for hydroxylation is 1. The number of hydrogen-bond donors (Lipinski definition) is 2. The minimum atomic E-state index is -1.14. The summed E-state index contributed by atoms with van der Waals surface area (Å²) in [6, 6.07) is 0. The topological polar surface area (TPSA) is 67.5 Å². The van der Waals surface area contributed by atoms with Gasteiger partial charge in [0, 0.05) is 7.05 Å². The Kier molecular flexibility index (Phi) is 3.93. The average molecular weight is 228 g/mol. The van der Waals surface area contributed by atoms with E-state index in [0.717, 1.165) is 0 Å². The molecule has 0 radical (unpaired) electrons. The van der Waals surface area contributed by atoms with E-state index < -0.39 is 11.7 Å². The summed E-state index contributed by atoms with van der Waals surface area (Å²) in [5, 5.41) is 24.5. The highest BCUT2D eigenvalue weighted by Crippen LogP contribution is 2.35. The lowest BCUT2D eigenvalue weighted by Crippen LogP contribution is -2.36. The Hall–Kier alpha value is -1.07. The van der Waals surface area contributed by atoms with Crippen molar-refractivity contribution in [3.05, 3.63) is 11.9 Å². The highest BCUT2D eigenvalue weighted by Gasteiger charge is 2.36. The lowest BCUT2D eigenvalue weighted by atomic mass is 9.88. The van der Waals surface area contributed by atoms with E-state index in [9.17, 15) is 10.2 Å². The number of hydrogen-bond acceptors (Lipinski definition) is 4. The van der Waals surface area contributed by atoms with Crippen molar-refractivity contribution in [1.82, 2.24) is 9.78 Å². The Morgan fingerprint density at radius 1 is 1.50 bits per heavy atom. The van der Waals surface area contributed by atoms with Crippen molar-refractivity contribution in [2.24, 2.45) is 7.05 Å². The van der Waals surface area contributed by atoms with Gasteiger partial charge in [-0.2, -0.15) is 5.10 Å². The smallest absolute Gasteiger partial charge is 0.162 e. The molecule has 2 N–H and O–H groups in total. The van der Waals surface area contributed by atoms with Gasteiger partial charge in [0.1, 0.15) is 11.8 Å². The Morgan fingerprint density at radius 2 is 2.06 bits per heavy atom. The Labute approximate surface area is 95.7 Å². The van der Waals surface area contributed by atoms with Gasteiger partial charge in [0.2, 0.25) is 0 Å². The minimum absolute atomic E-state index is 0.471. The molecule has 0 spiro atoms. The fourth-order valence-electron chi connectivity index (χ4n) is 1.79. The normalized spacial score (nSPS) is 13.9. The van der Waals surface area contributed by atoms with Gasteiger partial charge in [0.25, 0.3) is 0 Å². The zero-order chi connectivity index (χ0) is 12.3. The fraction of sp³-hybridized carbons (Fsp3) is 0.727. The summed E-state index contributed by atoms with van der Waals surface area (Å²) >= 11 is 0. The van der Waals surface area contributed by atoms with E-state index in [-0.39, 0.29) is 0 Å². The second kappa shape index (κ2) is 4.84. The number of ether oxygens (including phenoxy) is 1. The van der Waals surface area contributed by atoms with Crippen LogP contribution in [0.4, 0.5) is 0 Å². The predicted molar refractivity (Wildman–Crippen MR) is 60.3 cm³/mol. The van der Waals surface area contributed by atoms with Crippen LogP contribution in [0, 0.1) is 0 Å². The number of aliphatic hydroxyl groups is 2. The molecule has 1 atom stereocenters. The van der Waals surface area contributed by atoms with Crippen LogP contribution in [0.5, 0.6) is 5.75 Å². The van der Waals surface area contributed by atoms with Crippen molar-refractivity contribution in [1.29, 1.82) is 0 Å². The highest BCUT2D eigenvalue weighted by atomic mass is 16.5. The lowest BCUT2D eigenvalue weighted by Gasteiger charge is -2.31. The van der Waals surface area contributed by atoms with Crippen LogP contribution in [0.25, 0.3) is 0 Å². The van der Waals surface area contributed by atoms with Crippen LogP contribution >= 0.6 is 0 Å². The molecular formula is C11H20N2O3. The summed E-state index contributed by atoms with van der Waals surface area (Å²) in [5.74, 6) is 0.496. The summed E-state index contributed by atoms with van der Waals surface area (Å²) in [5.41, 5.74) is -0.630. The summed E-state index contributed by atoms with van der Waals surface area (Å²) in [7, 11) is 3.23. The van der Waals surface area contributed by atoms with Crippen LogP contribution in [0.15, 0.2) is 6.20 Å². The van der Waals surface area contributed by atoms with E-state index in [1.54, 1.807) is 7.05 Å². The van der Waals surface area contributed by atoms with Gasteiger partial charge in [-0.05, 0) is 12.8 Å². The maximum atomic E-state index is 10.3. The van der Waals surface area contributed by atoms with E-state index in [1.165, 1.54) is 18.0 Å². The average Bonchev–Trinajstić information content (AvgIpc) is 2.68. The largest absolute Gasteiger partial charge is 0.493 e. The second-order valence-electron chi connectivity index (χ2n) is 3.94. The molecule has 0 aliphatic rings. The molecule has 0 bridgehead atoms. The van der Waals surface area contributed by atoms with Gasteiger partial charge in [-0.3, -0.25) is 4.68 Å². The molecular weight excluding hydrogens is 208 g/mol. The maximum absolute atomic E-state index is 10.3. The molecule has 1 heterocycles. The first-order chi connectivity index (χ1) is 7.50. The van der Waals surface area contributed by atoms with Crippen LogP contribution in [0.3, 0.4) is 0 Å². The lowest BCUT2D eigenvalue weighted by molar-refractivity contribution is -0.0860. The first kappa shape index (κ1) is 13.0. The van der Waals surface area contributed by atoms with E-state index in [1.807, 2.05) is 13.8 Å². The van der Waals surface area contributed by atoms with Gasteiger partial charge < -0.3 is 14.9 Å². The van der Waals surface area contributed by atoms with Gasteiger partial charge in [-0.25, -0.2) is 0 Å². The molecule has 1 unspecified atom stereocenters. The summed E-state index contributed by atoms with van der Waals surface area (Å²) in [4.78, 5) is 0. The van der Waals surface area contributed by atoms with Gasteiger partial charge in [0.05, 0.1) is 18.9 Å². The number of aliphatic hydroxyl groups excluding tert-OH is 1. The number of rotatable bonds is 5. The van der Waals surface area contributed by atoms with Crippen molar-refractivity contribution < 1.29 is 14.9 Å². The zero-order valence-electron chi connectivity index (χ0n) is 10.3. The predicted octanol–water partition coefficient (Wildman–Crippen LogP) is 1.01. The first-order valence-corrected chi connectivity index (χ1v) is 5.46. The van der Waals surface area contributed by atoms with Crippen molar-refractivity contribution in [3.63, 3.8) is 0 Å². The molecule has 16 heavy (non-hydrogen) atoms. The Bertz CT molecular complexity index is 345. The molecule has 0 amide bonds.